The second-order valence-electron chi connectivity index (χ2n) is 13.8. The van der Waals surface area contributed by atoms with E-state index in [2.05, 4.69) is 83.6 Å². The smallest absolute Gasteiger partial charge is 0.130 e. The van der Waals surface area contributed by atoms with Crippen LogP contribution in [0.3, 0.4) is 0 Å². The lowest BCUT2D eigenvalue weighted by Crippen LogP contribution is -2.61. The number of ether oxygens (including phenoxy) is 1. The number of para-hydroxylation sites is 1. The zero-order chi connectivity index (χ0) is 32.1. The number of aryl methyl sites for hydroxylation is 1. The fourth-order valence-corrected chi connectivity index (χ4v) is 7.43. The van der Waals surface area contributed by atoms with Crippen molar-refractivity contribution >= 4 is 22.5 Å². The summed E-state index contributed by atoms with van der Waals surface area (Å²) < 4.78 is 8.47. The van der Waals surface area contributed by atoms with Gasteiger partial charge in [0.25, 0.3) is 0 Å². The maximum atomic E-state index is 11.1. The van der Waals surface area contributed by atoms with E-state index in [-0.39, 0.29) is 18.3 Å². The fourth-order valence-electron chi connectivity index (χ4n) is 7.14. The van der Waals surface area contributed by atoms with Crippen LogP contribution in [0.4, 0.5) is 0 Å². The largest absolute Gasteiger partial charge is 0.393 e. The molecule has 0 bridgehead atoms. The van der Waals surface area contributed by atoms with Gasteiger partial charge in [0.15, 0.2) is 0 Å². The van der Waals surface area contributed by atoms with Gasteiger partial charge in [0.05, 0.1) is 34.4 Å². The summed E-state index contributed by atoms with van der Waals surface area (Å²) in [6.45, 7) is 18.3. The third kappa shape index (κ3) is 8.51. The second kappa shape index (κ2) is 15.0. The molecule has 2 fully saturated rings. The molecule has 2 aromatic carbocycles. The predicted molar refractivity (Wildman–Crippen MR) is 185 cm³/mol. The predicted octanol–water partition coefficient (Wildman–Crippen LogP) is 6.49. The van der Waals surface area contributed by atoms with E-state index in [1.807, 2.05) is 19.1 Å². The van der Waals surface area contributed by atoms with E-state index >= 15 is 0 Å². The number of aliphatic hydroxyl groups excluding tert-OH is 2. The van der Waals surface area contributed by atoms with Crippen molar-refractivity contribution in [3.8, 4) is 0 Å². The van der Waals surface area contributed by atoms with E-state index in [1.54, 1.807) is 0 Å². The minimum atomic E-state index is -0.556. The lowest BCUT2D eigenvalue weighted by Gasteiger charge is -2.44. The summed E-state index contributed by atoms with van der Waals surface area (Å²) in [5.41, 5.74) is 5.10. The first-order valence-corrected chi connectivity index (χ1v) is 17.2. The molecule has 246 valence electrons. The van der Waals surface area contributed by atoms with Gasteiger partial charge in [-0.1, -0.05) is 61.5 Å². The maximum Gasteiger partial charge on any atom is 0.130 e. The number of halogens is 1. The number of aliphatic hydroxyl groups is 2. The van der Waals surface area contributed by atoms with Gasteiger partial charge in [-0.05, 0) is 76.6 Å². The third-order valence-electron chi connectivity index (χ3n) is 9.47. The molecule has 0 spiro atoms. The van der Waals surface area contributed by atoms with Gasteiger partial charge >= 0.3 is 0 Å². The van der Waals surface area contributed by atoms with Crippen molar-refractivity contribution in [1.82, 2.24) is 19.7 Å². The number of hydrogen-bond donors (Lipinski definition) is 3. The summed E-state index contributed by atoms with van der Waals surface area (Å²) >= 11 is 6.72. The maximum absolute atomic E-state index is 11.1. The summed E-state index contributed by atoms with van der Waals surface area (Å²) in [6, 6.07) is 14.9. The molecule has 2 saturated heterocycles. The van der Waals surface area contributed by atoms with Crippen LogP contribution in [-0.4, -0.2) is 81.3 Å². The van der Waals surface area contributed by atoms with Crippen molar-refractivity contribution in [2.24, 2.45) is 0 Å². The molecule has 3 aromatic rings. The van der Waals surface area contributed by atoms with Gasteiger partial charge in [-0.15, -0.1) is 0 Å². The molecule has 2 aliphatic rings. The standard InChI is InChI=1S/C37H53ClN4O3/c1-6-17-40-18-20-41(21-19-40)36(44)37(4,5)39-26(2)9-7-10-28-13-15-29(16-14-28)24-42-25-32(31-11-8-12-33(38)35(31)42)34-23-30(43)22-27(3)45-34/h8,11-16,25,27,30,34,36,39,43-44H,2,6-7,9-10,17-24H2,1,3-5H3/t27-,30+,34-,36+/m1/s1. The lowest BCUT2D eigenvalue weighted by atomic mass is 9.96. The van der Waals surface area contributed by atoms with Gasteiger partial charge in [0, 0.05) is 62.0 Å². The Morgan fingerprint density at radius 2 is 1.80 bits per heavy atom. The summed E-state index contributed by atoms with van der Waals surface area (Å²) in [7, 11) is 0. The van der Waals surface area contributed by atoms with Crippen molar-refractivity contribution in [3.05, 3.63) is 82.7 Å². The van der Waals surface area contributed by atoms with Crippen molar-refractivity contribution in [3.63, 3.8) is 0 Å². The van der Waals surface area contributed by atoms with Crippen LogP contribution in [0.15, 0.2) is 60.9 Å². The molecule has 2 aliphatic heterocycles. The molecule has 0 radical (unpaired) electrons. The second-order valence-corrected chi connectivity index (χ2v) is 14.2. The van der Waals surface area contributed by atoms with Crippen molar-refractivity contribution in [1.29, 1.82) is 0 Å². The molecule has 0 unspecified atom stereocenters. The molecule has 7 nitrogen and oxygen atoms in total. The highest BCUT2D eigenvalue weighted by Gasteiger charge is 2.34. The Balaban J connectivity index is 1.14. The number of benzene rings is 2. The zero-order valence-corrected chi connectivity index (χ0v) is 28.4. The number of allylic oxidation sites excluding steroid dienone is 1. The Kier molecular flexibility index (Phi) is 11.3. The van der Waals surface area contributed by atoms with Crippen LogP contribution >= 0.6 is 11.6 Å². The fraction of sp³-hybridized carbons (Fsp3) is 0.568. The highest BCUT2D eigenvalue weighted by molar-refractivity contribution is 6.35. The van der Waals surface area contributed by atoms with E-state index in [1.165, 1.54) is 17.5 Å². The molecule has 0 aliphatic carbocycles. The van der Waals surface area contributed by atoms with E-state index in [0.717, 1.165) is 79.2 Å². The van der Waals surface area contributed by atoms with E-state index in [0.29, 0.717) is 19.4 Å². The normalized spacial score (nSPS) is 22.5. The van der Waals surface area contributed by atoms with Crippen LogP contribution in [0.1, 0.15) is 82.6 Å². The topological polar surface area (TPSA) is 73.1 Å². The van der Waals surface area contributed by atoms with Crippen molar-refractivity contribution in [2.45, 2.75) is 103 Å². The molecule has 8 heteroatoms. The molecular formula is C37H53ClN4O3. The summed E-state index contributed by atoms with van der Waals surface area (Å²) in [4.78, 5) is 4.66. The highest BCUT2D eigenvalue weighted by atomic mass is 35.5. The van der Waals surface area contributed by atoms with Gasteiger partial charge in [-0.2, -0.15) is 0 Å². The molecule has 3 heterocycles. The molecular weight excluding hydrogens is 584 g/mol. The van der Waals surface area contributed by atoms with Crippen LogP contribution in [0.25, 0.3) is 10.9 Å². The average Bonchev–Trinajstić information content (AvgIpc) is 3.37. The summed E-state index contributed by atoms with van der Waals surface area (Å²) in [5.74, 6) is 0. The SMILES string of the molecule is C=C(CCCc1ccc(Cn2cc([C@H]3C[C@@H](O)C[C@@H](C)O3)c3cccc(Cl)c32)cc1)NC(C)(C)[C@H](O)N1CCN(CCC)CC1. The van der Waals surface area contributed by atoms with Gasteiger partial charge in [0.2, 0.25) is 0 Å². The minimum Gasteiger partial charge on any atom is -0.393 e. The molecule has 1 aromatic heterocycles. The van der Waals surface area contributed by atoms with Crippen LogP contribution in [0.5, 0.6) is 0 Å². The Morgan fingerprint density at radius 3 is 2.49 bits per heavy atom. The number of hydrogen-bond acceptors (Lipinski definition) is 6. The lowest BCUT2D eigenvalue weighted by molar-refractivity contribution is -0.0890. The number of rotatable bonds is 13. The first-order chi connectivity index (χ1) is 21.5. The monoisotopic (exact) mass is 636 g/mol. The first-order valence-electron chi connectivity index (χ1n) is 16.8. The molecule has 3 N–H and O–H groups in total. The zero-order valence-electron chi connectivity index (χ0n) is 27.6. The Morgan fingerprint density at radius 1 is 1.09 bits per heavy atom. The number of nitrogens with zero attached hydrogens (tertiary/aromatic N) is 3. The quantitative estimate of drug-likeness (QED) is 0.199. The third-order valence-corrected chi connectivity index (χ3v) is 9.78. The number of nitrogens with one attached hydrogen (secondary N) is 1. The number of piperazine rings is 1. The van der Waals surface area contributed by atoms with Gasteiger partial charge in [-0.25, -0.2) is 0 Å². The Hall–Kier alpha value is -2.39. The Labute approximate surface area is 274 Å². The highest BCUT2D eigenvalue weighted by Crippen LogP contribution is 2.38. The van der Waals surface area contributed by atoms with Crippen LogP contribution < -0.4 is 5.32 Å². The Bertz CT molecular complexity index is 1400. The van der Waals surface area contributed by atoms with E-state index in [4.69, 9.17) is 16.3 Å². The number of fused-ring (bicyclic) bond motifs is 1. The molecule has 4 atom stereocenters. The van der Waals surface area contributed by atoms with E-state index in [9.17, 15) is 10.2 Å². The van der Waals surface area contributed by atoms with Crippen LogP contribution in [-0.2, 0) is 17.7 Å². The molecule has 0 amide bonds. The minimum absolute atomic E-state index is 0.0200. The molecule has 45 heavy (non-hydrogen) atoms. The van der Waals surface area contributed by atoms with Gasteiger partial charge in [-0.3, -0.25) is 4.90 Å². The number of aromatic nitrogens is 1. The van der Waals surface area contributed by atoms with Gasteiger partial charge in [0.1, 0.15) is 6.23 Å². The van der Waals surface area contributed by atoms with Crippen molar-refractivity contribution < 1.29 is 14.9 Å². The molecule has 5 rings (SSSR count). The van der Waals surface area contributed by atoms with Crippen LogP contribution in [0, 0.1) is 0 Å². The molecule has 0 saturated carbocycles. The van der Waals surface area contributed by atoms with Crippen molar-refractivity contribution in [2.75, 3.05) is 32.7 Å². The van der Waals surface area contributed by atoms with E-state index < -0.39 is 11.8 Å². The van der Waals surface area contributed by atoms with Gasteiger partial charge < -0.3 is 29.7 Å². The van der Waals surface area contributed by atoms with Crippen LogP contribution in [0.2, 0.25) is 5.02 Å². The summed E-state index contributed by atoms with van der Waals surface area (Å²) in [5, 5.41) is 26.9. The summed E-state index contributed by atoms with van der Waals surface area (Å²) in [6.07, 6.45) is 6.37. The average molecular weight is 637 g/mol. The first kappa shape index (κ1) is 34.0.